The zero-order chi connectivity index (χ0) is 21.1. The monoisotopic (exact) mass is 421 g/mol. The SMILES string of the molecule is COc1ccc(C(=O)NC(=S)Nc2ccc3oc(-c4cccc(F)c4)nc3c2)cc1. The zero-order valence-electron chi connectivity index (χ0n) is 15.8. The van der Waals surface area contributed by atoms with Gasteiger partial charge in [0, 0.05) is 16.8 Å². The van der Waals surface area contributed by atoms with Gasteiger partial charge in [0.15, 0.2) is 10.7 Å². The molecule has 1 heterocycles. The number of aromatic nitrogens is 1. The number of amides is 1. The molecule has 1 aromatic heterocycles. The molecular weight excluding hydrogens is 405 g/mol. The fraction of sp³-hybridized carbons (Fsp3) is 0.0455. The van der Waals surface area contributed by atoms with Crippen LogP contribution in [0.1, 0.15) is 10.4 Å². The minimum Gasteiger partial charge on any atom is -0.497 e. The van der Waals surface area contributed by atoms with Gasteiger partial charge in [0.05, 0.1) is 7.11 Å². The number of benzene rings is 3. The molecule has 0 atom stereocenters. The van der Waals surface area contributed by atoms with E-state index in [9.17, 15) is 9.18 Å². The molecule has 0 radical (unpaired) electrons. The number of hydrogen-bond donors (Lipinski definition) is 2. The fourth-order valence-corrected chi connectivity index (χ4v) is 3.04. The van der Waals surface area contributed by atoms with Gasteiger partial charge in [-0.15, -0.1) is 0 Å². The maximum atomic E-state index is 13.4. The van der Waals surface area contributed by atoms with Crippen LogP contribution in [-0.2, 0) is 0 Å². The Hall–Kier alpha value is -3.78. The summed E-state index contributed by atoms with van der Waals surface area (Å²) in [7, 11) is 1.56. The number of halogens is 1. The van der Waals surface area contributed by atoms with Gasteiger partial charge < -0.3 is 14.5 Å². The molecule has 0 aliphatic carbocycles. The number of ether oxygens (including phenoxy) is 1. The Morgan fingerprint density at radius 3 is 2.63 bits per heavy atom. The molecule has 0 fully saturated rings. The van der Waals surface area contributed by atoms with Crippen LogP contribution >= 0.6 is 12.2 Å². The lowest BCUT2D eigenvalue weighted by Crippen LogP contribution is -2.34. The molecule has 0 spiro atoms. The van der Waals surface area contributed by atoms with Crippen LogP contribution in [0.5, 0.6) is 5.75 Å². The Morgan fingerprint density at radius 2 is 1.90 bits per heavy atom. The van der Waals surface area contributed by atoms with E-state index in [1.54, 1.807) is 61.7 Å². The van der Waals surface area contributed by atoms with Gasteiger partial charge in [0.25, 0.3) is 5.91 Å². The molecule has 0 unspecified atom stereocenters. The lowest BCUT2D eigenvalue weighted by atomic mass is 10.2. The Balaban J connectivity index is 1.46. The van der Waals surface area contributed by atoms with Crippen LogP contribution in [-0.4, -0.2) is 23.1 Å². The van der Waals surface area contributed by atoms with E-state index in [4.69, 9.17) is 21.4 Å². The van der Waals surface area contributed by atoms with Crippen LogP contribution in [0.3, 0.4) is 0 Å². The first-order chi connectivity index (χ1) is 14.5. The van der Waals surface area contributed by atoms with Crippen LogP contribution in [0.4, 0.5) is 10.1 Å². The minimum absolute atomic E-state index is 0.143. The standard InChI is InChI=1S/C22H16FN3O3S/c1-28-17-8-5-13(6-9-17)20(27)26-22(30)24-16-7-10-19-18(12-16)25-21(29-19)14-3-2-4-15(23)11-14/h2-12H,1H3,(H2,24,26,27,30). The highest BCUT2D eigenvalue weighted by molar-refractivity contribution is 7.80. The Labute approximate surface area is 176 Å². The predicted molar refractivity (Wildman–Crippen MR) is 116 cm³/mol. The van der Waals surface area contributed by atoms with Crippen molar-refractivity contribution in [2.24, 2.45) is 0 Å². The van der Waals surface area contributed by atoms with Crippen LogP contribution in [0, 0.1) is 5.82 Å². The lowest BCUT2D eigenvalue weighted by molar-refractivity contribution is 0.0977. The third kappa shape index (κ3) is 4.28. The van der Waals surface area contributed by atoms with Crippen LogP contribution in [0.15, 0.2) is 71.1 Å². The smallest absolute Gasteiger partial charge is 0.257 e. The molecule has 2 N–H and O–H groups in total. The van der Waals surface area contributed by atoms with Crippen molar-refractivity contribution in [3.05, 3.63) is 78.1 Å². The molecule has 8 heteroatoms. The summed E-state index contributed by atoms with van der Waals surface area (Å²) in [5.74, 6) is 0.268. The minimum atomic E-state index is -0.366. The molecule has 3 aromatic carbocycles. The van der Waals surface area contributed by atoms with Gasteiger partial charge in [-0.3, -0.25) is 10.1 Å². The molecular formula is C22H16FN3O3S. The third-order valence-corrected chi connectivity index (χ3v) is 4.50. The average molecular weight is 421 g/mol. The first-order valence-electron chi connectivity index (χ1n) is 8.95. The number of nitrogens with zero attached hydrogens (tertiary/aromatic N) is 1. The Kier molecular flexibility index (Phi) is 5.40. The molecule has 4 rings (SSSR count). The number of thiocarbonyl (C=S) groups is 1. The molecule has 0 saturated heterocycles. The number of carbonyl (C=O) groups excluding carboxylic acids is 1. The van der Waals surface area contributed by atoms with Gasteiger partial charge in [-0.25, -0.2) is 9.37 Å². The highest BCUT2D eigenvalue weighted by Gasteiger charge is 2.11. The normalized spacial score (nSPS) is 10.6. The fourth-order valence-electron chi connectivity index (χ4n) is 2.83. The molecule has 150 valence electrons. The molecule has 0 saturated carbocycles. The number of nitrogens with one attached hydrogen (secondary N) is 2. The van der Waals surface area contributed by atoms with E-state index in [1.165, 1.54) is 12.1 Å². The van der Waals surface area contributed by atoms with Crippen LogP contribution < -0.4 is 15.4 Å². The number of oxazole rings is 1. The quantitative estimate of drug-likeness (QED) is 0.463. The van der Waals surface area contributed by atoms with E-state index >= 15 is 0 Å². The first-order valence-corrected chi connectivity index (χ1v) is 9.35. The summed E-state index contributed by atoms with van der Waals surface area (Å²) in [6.07, 6.45) is 0. The summed E-state index contributed by atoms with van der Waals surface area (Å²) in [6.45, 7) is 0. The van der Waals surface area contributed by atoms with Crippen LogP contribution in [0.25, 0.3) is 22.6 Å². The van der Waals surface area contributed by atoms with E-state index in [-0.39, 0.29) is 16.8 Å². The molecule has 6 nitrogen and oxygen atoms in total. The summed E-state index contributed by atoms with van der Waals surface area (Å²) in [5, 5.41) is 5.71. The maximum absolute atomic E-state index is 13.4. The first kappa shape index (κ1) is 19.5. The van der Waals surface area contributed by atoms with Gasteiger partial charge >= 0.3 is 0 Å². The molecule has 0 aliphatic heterocycles. The number of fused-ring (bicyclic) bond motifs is 1. The number of hydrogen-bond acceptors (Lipinski definition) is 5. The van der Waals surface area contributed by atoms with Crippen molar-refractivity contribution in [3.63, 3.8) is 0 Å². The van der Waals surface area contributed by atoms with Gasteiger partial charge in [-0.05, 0) is 72.9 Å². The average Bonchev–Trinajstić information content (AvgIpc) is 3.17. The highest BCUT2D eigenvalue weighted by Crippen LogP contribution is 2.26. The third-order valence-electron chi connectivity index (χ3n) is 4.30. The van der Waals surface area contributed by atoms with E-state index in [0.717, 1.165) is 0 Å². The second-order valence-electron chi connectivity index (χ2n) is 6.35. The van der Waals surface area contributed by atoms with Crippen LogP contribution in [0.2, 0.25) is 0 Å². The molecule has 0 bridgehead atoms. The zero-order valence-corrected chi connectivity index (χ0v) is 16.6. The lowest BCUT2D eigenvalue weighted by Gasteiger charge is -2.09. The predicted octanol–water partition coefficient (Wildman–Crippen LogP) is 4.77. The molecule has 4 aromatic rings. The summed E-state index contributed by atoms with van der Waals surface area (Å²) < 4.78 is 24.2. The molecule has 0 aliphatic rings. The van der Waals surface area contributed by atoms with Crippen molar-refractivity contribution in [3.8, 4) is 17.2 Å². The summed E-state index contributed by atoms with van der Waals surface area (Å²) >= 11 is 5.23. The van der Waals surface area contributed by atoms with E-state index in [2.05, 4.69) is 15.6 Å². The number of anilines is 1. The number of methoxy groups -OCH3 is 1. The van der Waals surface area contributed by atoms with Crippen molar-refractivity contribution in [1.82, 2.24) is 10.3 Å². The summed E-state index contributed by atoms with van der Waals surface area (Å²) in [4.78, 5) is 16.7. The Bertz CT molecular complexity index is 1240. The maximum Gasteiger partial charge on any atom is 0.257 e. The van der Waals surface area contributed by atoms with Crippen molar-refractivity contribution < 1.29 is 18.3 Å². The largest absolute Gasteiger partial charge is 0.497 e. The summed E-state index contributed by atoms with van der Waals surface area (Å²) in [5.41, 5.74) is 2.74. The topological polar surface area (TPSA) is 76.4 Å². The molecule has 30 heavy (non-hydrogen) atoms. The van der Waals surface area contributed by atoms with Crippen molar-refractivity contribution in [2.75, 3.05) is 12.4 Å². The Morgan fingerprint density at radius 1 is 1.10 bits per heavy atom. The number of rotatable bonds is 4. The molecule has 1 amide bonds. The van der Waals surface area contributed by atoms with E-state index in [0.29, 0.717) is 39.6 Å². The van der Waals surface area contributed by atoms with Crippen molar-refractivity contribution in [2.45, 2.75) is 0 Å². The van der Waals surface area contributed by atoms with E-state index < -0.39 is 0 Å². The van der Waals surface area contributed by atoms with Gasteiger partial charge in [0.1, 0.15) is 17.1 Å². The number of carbonyl (C=O) groups is 1. The second-order valence-corrected chi connectivity index (χ2v) is 6.76. The van der Waals surface area contributed by atoms with Gasteiger partial charge in [-0.1, -0.05) is 6.07 Å². The summed E-state index contributed by atoms with van der Waals surface area (Å²) in [6, 6.07) is 17.9. The van der Waals surface area contributed by atoms with Crippen molar-refractivity contribution >= 4 is 40.0 Å². The van der Waals surface area contributed by atoms with Gasteiger partial charge in [0.2, 0.25) is 5.89 Å². The van der Waals surface area contributed by atoms with E-state index in [1.807, 2.05) is 0 Å². The second kappa shape index (κ2) is 8.30. The van der Waals surface area contributed by atoms with Gasteiger partial charge in [-0.2, -0.15) is 0 Å². The van der Waals surface area contributed by atoms with Crippen molar-refractivity contribution in [1.29, 1.82) is 0 Å². The highest BCUT2D eigenvalue weighted by atomic mass is 32.1.